The fourth-order valence-electron chi connectivity index (χ4n) is 2.85. The summed E-state index contributed by atoms with van der Waals surface area (Å²) in [5, 5.41) is 0. The SMILES string of the molecule is CCCCCCC(CCCCCC)c1ccc(Br)cc1. The largest absolute Gasteiger partial charge is 0.0654 e. The van der Waals surface area contributed by atoms with Gasteiger partial charge in [-0.1, -0.05) is 93.3 Å². The Bertz CT molecular complexity index is 316. The molecule has 0 aliphatic heterocycles. The maximum absolute atomic E-state index is 3.54. The molecule has 1 rings (SSSR count). The Morgan fingerprint density at radius 1 is 0.750 bits per heavy atom. The van der Waals surface area contributed by atoms with E-state index < -0.39 is 0 Å². The highest BCUT2D eigenvalue weighted by Gasteiger charge is 2.11. The average molecular weight is 339 g/mol. The van der Waals surface area contributed by atoms with Gasteiger partial charge >= 0.3 is 0 Å². The number of benzene rings is 1. The zero-order valence-electron chi connectivity index (χ0n) is 13.3. The standard InChI is InChI=1S/C19H31Br/c1-3-5-7-9-11-17(12-10-8-6-4-2)18-13-15-19(20)16-14-18/h13-17H,3-12H2,1-2H3. The Balaban J connectivity index is 2.47. The van der Waals surface area contributed by atoms with Gasteiger partial charge in [0, 0.05) is 4.47 Å². The summed E-state index contributed by atoms with van der Waals surface area (Å²) in [7, 11) is 0. The van der Waals surface area contributed by atoms with Gasteiger partial charge in [0.15, 0.2) is 0 Å². The highest BCUT2D eigenvalue weighted by atomic mass is 79.9. The van der Waals surface area contributed by atoms with Crippen molar-refractivity contribution in [3.8, 4) is 0 Å². The van der Waals surface area contributed by atoms with Crippen molar-refractivity contribution in [2.45, 2.75) is 84.0 Å². The smallest absolute Gasteiger partial charge is 0.0175 e. The first-order chi connectivity index (χ1) is 9.77. The molecular formula is C19H31Br. The predicted molar refractivity (Wildman–Crippen MR) is 94.4 cm³/mol. The lowest BCUT2D eigenvalue weighted by Crippen LogP contribution is -1.99. The molecule has 0 aliphatic rings. The van der Waals surface area contributed by atoms with Crippen molar-refractivity contribution in [3.05, 3.63) is 34.3 Å². The molecule has 0 N–H and O–H groups in total. The third-order valence-electron chi connectivity index (χ3n) is 4.15. The molecule has 0 heterocycles. The quantitative estimate of drug-likeness (QED) is 0.367. The maximum atomic E-state index is 3.54. The molecule has 0 radical (unpaired) electrons. The highest BCUT2D eigenvalue weighted by Crippen LogP contribution is 2.29. The van der Waals surface area contributed by atoms with E-state index in [1.807, 2.05) is 0 Å². The summed E-state index contributed by atoms with van der Waals surface area (Å²) in [6.07, 6.45) is 13.8. The van der Waals surface area contributed by atoms with E-state index in [-0.39, 0.29) is 0 Å². The van der Waals surface area contributed by atoms with Crippen LogP contribution in [0.15, 0.2) is 28.7 Å². The molecule has 20 heavy (non-hydrogen) atoms. The van der Waals surface area contributed by atoms with Crippen molar-refractivity contribution in [2.75, 3.05) is 0 Å². The van der Waals surface area contributed by atoms with Gasteiger partial charge in [-0.2, -0.15) is 0 Å². The molecule has 1 aromatic rings. The van der Waals surface area contributed by atoms with E-state index in [0.29, 0.717) is 0 Å². The molecule has 0 bridgehead atoms. The summed E-state index contributed by atoms with van der Waals surface area (Å²) < 4.78 is 1.19. The van der Waals surface area contributed by atoms with Crippen LogP contribution in [0.5, 0.6) is 0 Å². The second-order valence-corrected chi connectivity index (χ2v) is 6.86. The fraction of sp³-hybridized carbons (Fsp3) is 0.684. The van der Waals surface area contributed by atoms with Gasteiger partial charge in [-0.25, -0.2) is 0 Å². The minimum absolute atomic E-state index is 0.775. The molecule has 1 aromatic carbocycles. The molecule has 0 saturated heterocycles. The Hall–Kier alpha value is -0.300. The summed E-state index contributed by atoms with van der Waals surface area (Å²) in [5.41, 5.74) is 1.54. The van der Waals surface area contributed by atoms with E-state index in [9.17, 15) is 0 Å². The van der Waals surface area contributed by atoms with Crippen LogP contribution in [0.1, 0.15) is 89.5 Å². The van der Waals surface area contributed by atoms with Crippen LogP contribution in [0, 0.1) is 0 Å². The first-order valence-electron chi connectivity index (χ1n) is 8.53. The Morgan fingerprint density at radius 2 is 1.25 bits per heavy atom. The topological polar surface area (TPSA) is 0 Å². The van der Waals surface area contributed by atoms with Gasteiger partial charge < -0.3 is 0 Å². The lowest BCUT2D eigenvalue weighted by atomic mass is 9.88. The van der Waals surface area contributed by atoms with Crippen LogP contribution < -0.4 is 0 Å². The van der Waals surface area contributed by atoms with Gasteiger partial charge in [0.2, 0.25) is 0 Å². The van der Waals surface area contributed by atoms with Gasteiger partial charge in [0.25, 0.3) is 0 Å². The summed E-state index contributed by atoms with van der Waals surface area (Å²) in [6.45, 7) is 4.58. The summed E-state index contributed by atoms with van der Waals surface area (Å²) in [4.78, 5) is 0. The second kappa shape index (κ2) is 11.4. The van der Waals surface area contributed by atoms with Gasteiger partial charge in [-0.3, -0.25) is 0 Å². The van der Waals surface area contributed by atoms with Crippen LogP contribution in [0.3, 0.4) is 0 Å². The second-order valence-electron chi connectivity index (χ2n) is 5.95. The van der Waals surface area contributed by atoms with E-state index in [4.69, 9.17) is 0 Å². The molecule has 0 amide bonds. The van der Waals surface area contributed by atoms with Crippen molar-refractivity contribution < 1.29 is 0 Å². The van der Waals surface area contributed by atoms with Crippen LogP contribution in [-0.2, 0) is 0 Å². The lowest BCUT2D eigenvalue weighted by molar-refractivity contribution is 0.496. The molecule has 0 spiro atoms. The molecule has 0 aliphatic carbocycles. The van der Waals surface area contributed by atoms with Crippen molar-refractivity contribution in [1.29, 1.82) is 0 Å². The number of unbranched alkanes of at least 4 members (excludes halogenated alkanes) is 6. The monoisotopic (exact) mass is 338 g/mol. The normalized spacial score (nSPS) is 11.2. The molecule has 0 saturated carbocycles. The third kappa shape index (κ3) is 7.47. The van der Waals surface area contributed by atoms with Gasteiger partial charge in [-0.15, -0.1) is 0 Å². The Morgan fingerprint density at radius 3 is 1.70 bits per heavy atom. The zero-order chi connectivity index (χ0) is 14.6. The van der Waals surface area contributed by atoms with Gasteiger partial charge in [-0.05, 0) is 36.5 Å². The van der Waals surface area contributed by atoms with Crippen molar-refractivity contribution in [1.82, 2.24) is 0 Å². The van der Waals surface area contributed by atoms with E-state index in [2.05, 4.69) is 54.0 Å². The average Bonchev–Trinajstić information content (AvgIpc) is 2.47. The van der Waals surface area contributed by atoms with E-state index >= 15 is 0 Å². The molecule has 0 nitrogen and oxygen atoms in total. The molecule has 1 heteroatoms. The lowest BCUT2D eigenvalue weighted by Gasteiger charge is -2.17. The van der Waals surface area contributed by atoms with Crippen LogP contribution in [0.25, 0.3) is 0 Å². The number of hydrogen-bond donors (Lipinski definition) is 0. The van der Waals surface area contributed by atoms with Crippen LogP contribution in [-0.4, -0.2) is 0 Å². The minimum atomic E-state index is 0.775. The fourth-order valence-corrected chi connectivity index (χ4v) is 3.11. The Labute approximate surface area is 134 Å². The van der Waals surface area contributed by atoms with Crippen molar-refractivity contribution >= 4 is 15.9 Å². The molecular weight excluding hydrogens is 308 g/mol. The van der Waals surface area contributed by atoms with Crippen LogP contribution in [0.4, 0.5) is 0 Å². The summed E-state index contributed by atoms with van der Waals surface area (Å²) >= 11 is 3.54. The van der Waals surface area contributed by atoms with Crippen LogP contribution in [0.2, 0.25) is 0 Å². The van der Waals surface area contributed by atoms with Gasteiger partial charge in [0.05, 0.1) is 0 Å². The predicted octanol–water partition coefficient (Wildman–Crippen LogP) is 7.47. The Kier molecular flexibility index (Phi) is 10.1. The maximum Gasteiger partial charge on any atom is 0.0175 e. The number of hydrogen-bond acceptors (Lipinski definition) is 0. The first kappa shape index (κ1) is 17.8. The molecule has 0 fully saturated rings. The number of halogens is 1. The summed E-state index contributed by atoms with van der Waals surface area (Å²) in [5.74, 6) is 0.775. The van der Waals surface area contributed by atoms with E-state index in [1.54, 1.807) is 5.56 Å². The van der Waals surface area contributed by atoms with Gasteiger partial charge in [0.1, 0.15) is 0 Å². The van der Waals surface area contributed by atoms with E-state index in [0.717, 1.165) is 5.92 Å². The molecule has 0 atom stereocenters. The zero-order valence-corrected chi connectivity index (χ0v) is 14.9. The molecule has 0 aromatic heterocycles. The van der Waals surface area contributed by atoms with E-state index in [1.165, 1.54) is 68.7 Å². The molecule has 114 valence electrons. The summed E-state index contributed by atoms with van der Waals surface area (Å²) in [6, 6.07) is 9.02. The first-order valence-corrected chi connectivity index (χ1v) is 9.32. The van der Waals surface area contributed by atoms with Crippen LogP contribution >= 0.6 is 15.9 Å². The highest BCUT2D eigenvalue weighted by molar-refractivity contribution is 9.10. The van der Waals surface area contributed by atoms with Crippen molar-refractivity contribution in [3.63, 3.8) is 0 Å². The third-order valence-corrected chi connectivity index (χ3v) is 4.68. The molecule has 0 unspecified atom stereocenters. The van der Waals surface area contributed by atoms with Crippen molar-refractivity contribution in [2.24, 2.45) is 0 Å². The number of rotatable bonds is 11. The minimum Gasteiger partial charge on any atom is -0.0654 e.